The second-order valence-corrected chi connectivity index (χ2v) is 7.30. The summed E-state index contributed by atoms with van der Waals surface area (Å²) in [6.45, 7) is 7.72. The fourth-order valence-corrected chi connectivity index (χ4v) is 4.51. The second kappa shape index (κ2) is 5.71. The van der Waals surface area contributed by atoms with Crippen molar-refractivity contribution in [2.45, 2.75) is 39.7 Å². The number of hydrogen-bond acceptors (Lipinski definition) is 2. The predicted octanol–water partition coefficient (Wildman–Crippen LogP) is 4.43. The van der Waals surface area contributed by atoms with Crippen LogP contribution in [0.4, 0.5) is 0 Å². The average molecular weight is 285 g/mol. The Morgan fingerprint density at radius 2 is 1.85 bits per heavy atom. The Bertz CT molecular complexity index is 574. The fourth-order valence-electron chi connectivity index (χ4n) is 3.54. The maximum Gasteiger partial charge on any atom is 0.0365 e. The molecule has 1 aliphatic carbocycles. The zero-order valence-corrected chi connectivity index (χ0v) is 13.4. The van der Waals surface area contributed by atoms with Crippen LogP contribution in [0.1, 0.15) is 39.4 Å². The first-order chi connectivity index (χ1) is 9.69. The summed E-state index contributed by atoms with van der Waals surface area (Å²) < 4.78 is 0. The predicted molar refractivity (Wildman–Crippen MR) is 87.6 cm³/mol. The summed E-state index contributed by atoms with van der Waals surface area (Å²) in [6.07, 6.45) is 2.42. The molecule has 0 radical (unpaired) electrons. The van der Waals surface area contributed by atoms with Crippen molar-refractivity contribution in [3.63, 3.8) is 0 Å². The molecule has 1 aromatic heterocycles. The Hall–Kier alpha value is -1.12. The van der Waals surface area contributed by atoms with Crippen LogP contribution in [0.5, 0.6) is 0 Å². The van der Waals surface area contributed by atoms with Crippen molar-refractivity contribution in [1.82, 2.24) is 5.32 Å². The highest BCUT2D eigenvalue weighted by Crippen LogP contribution is 2.38. The lowest BCUT2D eigenvalue weighted by molar-refractivity contribution is 0.380. The summed E-state index contributed by atoms with van der Waals surface area (Å²) in [5, 5.41) is 3.74. The molecule has 1 aromatic carbocycles. The molecule has 2 heteroatoms. The Balaban J connectivity index is 1.88. The number of benzene rings is 1. The molecule has 0 spiro atoms. The Morgan fingerprint density at radius 3 is 2.35 bits per heavy atom. The van der Waals surface area contributed by atoms with Gasteiger partial charge in [-0.25, -0.2) is 0 Å². The lowest BCUT2D eigenvalue weighted by Gasteiger charge is -2.24. The molecule has 0 aliphatic heterocycles. The average Bonchev–Trinajstić information content (AvgIpc) is 2.99. The minimum absolute atomic E-state index is 0.498. The van der Waals surface area contributed by atoms with E-state index in [0.29, 0.717) is 12.0 Å². The van der Waals surface area contributed by atoms with E-state index in [-0.39, 0.29) is 0 Å². The van der Waals surface area contributed by atoms with Crippen LogP contribution in [0.3, 0.4) is 0 Å². The zero-order valence-electron chi connectivity index (χ0n) is 12.6. The molecule has 1 aliphatic rings. The van der Waals surface area contributed by atoms with Crippen molar-refractivity contribution in [3.8, 4) is 0 Å². The Kier molecular flexibility index (Phi) is 3.95. The van der Waals surface area contributed by atoms with Crippen molar-refractivity contribution < 1.29 is 0 Å². The smallest absolute Gasteiger partial charge is 0.0365 e. The SMILES string of the molecule is CCNC(c1cc(C)sc1C)C1Cc2ccccc2C1. The number of rotatable bonds is 4. The quantitative estimate of drug-likeness (QED) is 0.876. The number of thiophene rings is 1. The van der Waals surface area contributed by atoms with E-state index in [1.807, 2.05) is 11.3 Å². The van der Waals surface area contributed by atoms with Crippen LogP contribution in [0.25, 0.3) is 0 Å². The van der Waals surface area contributed by atoms with Crippen LogP contribution in [0.2, 0.25) is 0 Å². The minimum Gasteiger partial charge on any atom is -0.310 e. The fraction of sp³-hybridized carbons (Fsp3) is 0.444. The monoisotopic (exact) mass is 285 g/mol. The van der Waals surface area contributed by atoms with Crippen molar-refractivity contribution in [2.75, 3.05) is 6.54 Å². The molecular weight excluding hydrogens is 262 g/mol. The van der Waals surface area contributed by atoms with Gasteiger partial charge in [0.1, 0.15) is 0 Å². The Morgan fingerprint density at radius 1 is 1.20 bits per heavy atom. The summed E-state index contributed by atoms with van der Waals surface area (Å²) >= 11 is 1.93. The maximum absolute atomic E-state index is 3.74. The first kappa shape index (κ1) is 13.8. The van der Waals surface area contributed by atoms with Crippen LogP contribution in [-0.4, -0.2) is 6.54 Å². The molecular formula is C18H23NS. The molecule has 106 valence electrons. The van der Waals surface area contributed by atoms with Crippen LogP contribution in [-0.2, 0) is 12.8 Å². The van der Waals surface area contributed by atoms with Gasteiger partial charge >= 0.3 is 0 Å². The molecule has 2 aromatic rings. The van der Waals surface area contributed by atoms with Crippen LogP contribution < -0.4 is 5.32 Å². The summed E-state index contributed by atoms with van der Waals surface area (Å²) in [7, 11) is 0. The second-order valence-electron chi connectivity index (χ2n) is 5.84. The highest BCUT2D eigenvalue weighted by molar-refractivity contribution is 7.12. The van der Waals surface area contributed by atoms with Gasteiger partial charge < -0.3 is 5.32 Å². The topological polar surface area (TPSA) is 12.0 Å². The minimum atomic E-state index is 0.498. The summed E-state index contributed by atoms with van der Waals surface area (Å²) in [5.74, 6) is 0.694. The molecule has 0 saturated carbocycles. The molecule has 1 unspecified atom stereocenters. The van der Waals surface area contributed by atoms with Gasteiger partial charge in [-0.2, -0.15) is 0 Å². The highest BCUT2D eigenvalue weighted by atomic mass is 32.1. The third-order valence-corrected chi connectivity index (χ3v) is 5.37. The van der Waals surface area contributed by atoms with E-state index in [0.717, 1.165) is 6.54 Å². The number of fused-ring (bicyclic) bond motifs is 1. The van der Waals surface area contributed by atoms with Gasteiger partial charge in [0.15, 0.2) is 0 Å². The molecule has 1 heterocycles. The molecule has 1 atom stereocenters. The van der Waals surface area contributed by atoms with E-state index in [2.05, 4.69) is 56.4 Å². The largest absolute Gasteiger partial charge is 0.310 e. The van der Waals surface area contributed by atoms with E-state index in [4.69, 9.17) is 0 Å². The molecule has 0 saturated heterocycles. The third-order valence-electron chi connectivity index (χ3n) is 4.39. The van der Waals surface area contributed by atoms with Crippen LogP contribution in [0, 0.1) is 19.8 Å². The molecule has 20 heavy (non-hydrogen) atoms. The zero-order chi connectivity index (χ0) is 14.1. The van der Waals surface area contributed by atoms with Gasteiger partial charge in [0, 0.05) is 15.8 Å². The summed E-state index contributed by atoms with van der Waals surface area (Å²) in [4.78, 5) is 2.90. The molecule has 0 bridgehead atoms. The van der Waals surface area contributed by atoms with Gasteiger partial charge in [0.05, 0.1) is 0 Å². The van der Waals surface area contributed by atoms with Gasteiger partial charge in [0.2, 0.25) is 0 Å². The summed E-state index contributed by atoms with van der Waals surface area (Å²) in [5.41, 5.74) is 4.61. The van der Waals surface area contributed by atoms with Crippen molar-refractivity contribution >= 4 is 11.3 Å². The van der Waals surface area contributed by atoms with E-state index < -0.39 is 0 Å². The van der Waals surface area contributed by atoms with Crippen molar-refractivity contribution in [3.05, 3.63) is 56.8 Å². The highest BCUT2D eigenvalue weighted by Gasteiger charge is 2.30. The first-order valence-electron chi connectivity index (χ1n) is 7.56. The van der Waals surface area contributed by atoms with Gasteiger partial charge in [-0.05, 0) is 61.9 Å². The van der Waals surface area contributed by atoms with Gasteiger partial charge in [-0.15, -0.1) is 11.3 Å². The van der Waals surface area contributed by atoms with Crippen LogP contribution >= 0.6 is 11.3 Å². The lowest BCUT2D eigenvalue weighted by atomic mass is 9.90. The first-order valence-corrected chi connectivity index (χ1v) is 8.37. The van der Waals surface area contributed by atoms with Gasteiger partial charge in [0.25, 0.3) is 0 Å². The van der Waals surface area contributed by atoms with E-state index >= 15 is 0 Å². The molecule has 0 fully saturated rings. The molecule has 0 amide bonds. The molecule has 1 nitrogen and oxygen atoms in total. The molecule has 3 rings (SSSR count). The summed E-state index contributed by atoms with van der Waals surface area (Å²) in [6, 6.07) is 11.8. The standard InChI is InChI=1S/C18H23NS/c1-4-19-18(17-9-12(2)20-13(17)3)16-10-14-7-5-6-8-15(14)11-16/h5-9,16,18-19H,4,10-11H2,1-3H3. The number of nitrogens with one attached hydrogen (secondary N) is 1. The normalized spacial score (nSPS) is 16.4. The van der Waals surface area contributed by atoms with Crippen molar-refractivity contribution in [1.29, 1.82) is 0 Å². The number of hydrogen-bond donors (Lipinski definition) is 1. The van der Waals surface area contributed by atoms with Crippen molar-refractivity contribution in [2.24, 2.45) is 5.92 Å². The lowest BCUT2D eigenvalue weighted by Crippen LogP contribution is -2.28. The number of aryl methyl sites for hydroxylation is 2. The van der Waals surface area contributed by atoms with Gasteiger partial charge in [-0.3, -0.25) is 0 Å². The van der Waals surface area contributed by atoms with E-state index in [9.17, 15) is 0 Å². The van der Waals surface area contributed by atoms with E-state index in [1.54, 1.807) is 11.1 Å². The maximum atomic E-state index is 3.74. The Labute approximate surface area is 126 Å². The molecule has 1 N–H and O–H groups in total. The van der Waals surface area contributed by atoms with E-state index in [1.165, 1.54) is 28.2 Å². The third kappa shape index (κ3) is 2.55. The van der Waals surface area contributed by atoms with Crippen LogP contribution in [0.15, 0.2) is 30.3 Å². The van der Waals surface area contributed by atoms with Gasteiger partial charge in [-0.1, -0.05) is 31.2 Å².